The molecule has 0 aromatic heterocycles. The van der Waals surface area contributed by atoms with E-state index in [1.807, 2.05) is 6.07 Å². The molecule has 0 aliphatic heterocycles. The Kier molecular flexibility index (Phi) is 3.85. The van der Waals surface area contributed by atoms with Crippen molar-refractivity contribution in [2.24, 2.45) is 23.6 Å². The molecule has 2 aliphatic rings. The topological polar surface area (TPSA) is 56.5 Å². The van der Waals surface area contributed by atoms with Gasteiger partial charge in [-0.3, -0.25) is 11.3 Å². The molecule has 0 saturated heterocycles. The largest absolute Gasteiger partial charge is 0.493 e. The zero-order valence-electron chi connectivity index (χ0n) is 12.3. The van der Waals surface area contributed by atoms with E-state index in [2.05, 4.69) is 17.6 Å². The van der Waals surface area contributed by atoms with Crippen LogP contribution >= 0.6 is 0 Å². The van der Waals surface area contributed by atoms with Gasteiger partial charge in [0.1, 0.15) is 0 Å². The van der Waals surface area contributed by atoms with Gasteiger partial charge >= 0.3 is 0 Å². The Balaban J connectivity index is 1.86. The molecule has 0 radical (unpaired) electrons. The van der Waals surface area contributed by atoms with Gasteiger partial charge in [-0.1, -0.05) is 12.5 Å². The second-order valence-electron chi connectivity index (χ2n) is 6.10. The number of hydrogen-bond donors (Lipinski definition) is 2. The van der Waals surface area contributed by atoms with Crippen LogP contribution in [0.4, 0.5) is 0 Å². The first-order valence-corrected chi connectivity index (χ1v) is 7.44. The average molecular weight is 276 g/mol. The number of fused-ring (bicyclic) bond motifs is 2. The second-order valence-corrected chi connectivity index (χ2v) is 6.10. The van der Waals surface area contributed by atoms with Gasteiger partial charge in [0, 0.05) is 6.04 Å². The van der Waals surface area contributed by atoms with E-state index in [4.69, 9.17) is 15.3 Å². The van der Waals surface area contributed by atoms with Gasteiger partial charge in [0.05, 0.1) is 14.2 Å². The minimum atomic E-state index is 0.213. The predicted octanol–water partition coefficient (Wildman–Crippen LogP) is 2.64. The summed E-state index contributed by atoms with van der Waals surface area (Å²) in [4.78, 5) is 0. The Morgan fingerprint density at radius 2 is 1.95 bits per heavy atom. The Morgan fingerprint density at radius 1 is 1.15 bits per heavy atom. The fourth-order valence-electron chi connectivity index (χ4n) is 4.22. The molecule has 4 atom stereocenters. The van der Waals surface area contributed by atoms with Gasteiger partial charge in [-0.05, 0) is 54.7 Å². The van der Waals surface area contributed by atoms with Crippen LogP contribution in [0.3, 0.4) is 0 Å². The maximum Gasteiger partial charge on any atom is 0.161 e. The Labute approximate surface area is 120 Å². The monoisotopic (exact) mass is 276 g/mol. The third-order valence-corrected chi connectivity index (χ3v) is 5.17. The highest BCUT2D eigenvalue weighted by molar-refractivity contribution is 5.44. The molecule has 4 nitrogen and oxygen atoms in total. The number of methoxy groups -OCH3 is 2. The van der Waals surface area contributed by atoms with E-state index in [1.54, 1.807) is 14.2 Å². The van der Waals surface area contributed by atoms with Crippen LogP contribution in [0.25, 0.3) is 0 Å². The zero-order valence-corrected chi connectivity index (χ0v) is 12.3. The van der Waals surface area contributed by atoms with Crippen LogP contribution in [0.15, 0.2) is 18.2 Å². The van der Waals surface area contributed by atoms with Crippen LogP contribution in [0, 0.1) is 17.8 Å². The van der Waals surface area contributed by atoms with E-state index in [9.17, 15) is 0 Å². The number of ether oxygens (including phenoxy) is 2. The van der Waals surface area contributed by atoms with Gasteiger partial charge in [0.15, 0.2) is 11.5 Å². The van der Waals surface area contributed by atoms with Crippen molar-refractivity contribution in [3.63, 3.8) is 0 Å². The molecule has 2 fully saturated rings. The smallest absolute Gasteiger partial charge is 0.161 e. The summed E-state index contributed by atoms with van der Waals surface area (Å²) in [7, 11) is 3.33. The number of rotatable bonds is 5. The SMILES string of the molecule is COc1ccc(C(NN)C2CC3CCC2C3)cc1OC. The highest BCUT2D eigenvalue weighted by atomic mass is 16.5. The van der Waals surface area contributed by atoms with E-state index in [0.717, 1.165) is 23.3 Å². The number of hydrazine groups is 1. The van der Waals surface area contributed by atoms with Crippen LogP contribution in [-0.4, -0.2) is 14.2 Å². The summed E-state index contributed by atoms with van der Waals surface area (Å²) in [5.74, 6) is 9.79. The molecule has 0 spiro atoms. The van der Waals surface area contributed by atoms with Crippen molar-refractivity contribution in [2.75, 3.05) is 14.2 Å². The van der Waals surface area contributed by atoms with Gasteiger partial charge < -0.3 is 9.47 Å². The Morgan fingerprint density at radius 3 is 2.50 bits per heavy atom. The van der Waals surface area contributed by atoms with Gasteiger partial charge in [-0.15, -0.1) is 0 Å². The lowest BCUT2D eigenvalue weighted by Gasteiger charge is -2.30. The fourth-order valence-corrected chi connectivity index (χ4v) is 4.22. The molecule has 0 amide bonds. The first-order chi connectivity index (χ1) is 9.76. The predicted molar refractivity (Wildman–Crippen MR) is 78.5 cm³/mol. The number of nitrogens with two attached hydrogens (primary N) is 1. The molecule has 4 heteroatoms. The maximum atomic E-state index is 5.86. The van der Waals surface area contributed by atoms with Crippen molar-refractivity contribution in [1.29, 1.82) is 0 Å². The molecule has 4 unspecified atom stereocenters. The minimum absolute atomic E-state index is 0.213. The molecule has 1 aromatic carbocycles. The first-order valence-electron chi connectivity index (χ1n) is 7.44. The lowest BCUT2D eigenvalue weighted by atomic mass is 9.80. The number of benzene rings is 1. The number of hydrogen-bond acceptors (Lipinski definition) is 4. The van der Waals surface area contributed by atoms with Gasteiger partial charge in [0.2, 0.25) is 0 Å². The lowest BCUT2D eigenvalue weighted by Crippen LogP contribution is -2.35. The molecule has 20 heavy (non-hydrogen) atoms. The molecule has 2 saturated carbocycles. The highest BCUT2D eigenvalue weighted by Gasteiger charge is 2.43. The van der Waals surface area contributed by atoms with Crippen molar-refractivity contribution in [1.82, 2.24) is 5.43 Å². The van der Waals surface area contributed by atoms with E-state index in [-0.39, 0.29) is 6.04 Å². The standard InChI is InChI=1S/C16H24N2O2/c1-19-14-6-5-12(9-15(14)20-2)16(18-17)13-8-10-3-4-11(13)7-10/h5-6,9-11,13,16,18H,3-4,7-8,17H2,1-2H3. The van der Waals surface area contributed by atoms with Gasteiger partial charge in [0.25, 0.3) is 0 Å². The van der Waals surface area contributed by atoms with Crippen molar-refractivity contribution < 1.29 is 9.47 Å². The van der Waals surface area contributed by atoms with Gasteiger partial charge in [-0.2, -0.15) is 0 Å². The van der Waals surface area contributed by atoms with Gasteiger partial charge in [-0.25, -0.2) is 0 Å². The summed E-state index contributed by atoms with van der Waals surface area (Å²) < 4.78 is 10.7. The molecular formula is C16H24N2O2. The van der Waals surface area contributed by atoms with Crippen LogP contribution in [0.1, 0.15) is 37.3 Å². The fraction of sp³-hybridized carbons (Fsp3) is 0.625. The molecule has 3 N–H and O–H groups in total. The molecule has 2 bridgehead atoms. The van der Waals surface area contributed by atoms with Crippen molar-refractivity contribution >= 4 is 0 Å². The second kappa shape index (κ2) is 5.62. The van der Waals surface area contributed by atoms with E-state index >= 15 is 0 Å². The summed E-state index contributed by atoms with van der Waals surface area (Å²) in [5.41, 5.74) is 4.23. The quantitative estimate of drug-likeness (QED) is 0.641. The minimum Gasteiger partial charge on any atom is -0.493 e. The lowest BCUT2D eigenvalue weighted by molar-refractivity contribution is 0.251. The van der Waals surface area contributed by atoms with Crippen LogP contribution in [0.5, 0.6) is 11.5 Å². The van der Waals surface area contributed by atoms with E-state index in [1.165, 1.54) is 31.2 Å². The molecule has 2 aliphatic carbocycles. The highest BCUT2D eigenvalue weighted by Crippen LogP contribution is 2.52. The van der Waals surface area contributed by atoms with Crippen molar-refractivity contribution in [3.8, 4) is 11.5 Å². The third kappa shape index (κ3) is 2.27. The summed E-state index contributed by atoms with van der Waals surface area (Å²) in [6.45, 7) is 0. The summed E-state index contributed by atoms with van der Waals surface area (Å²) >= 11 is 0. The normalized spacial score (nSPS) is 29.4. The van der Waals surface area contributed by atoms with E-state index < -0.39 is 0 Å². The molecule has 110 valence electrons. The van der Waals surface area contributed by atoms with Crippen molar-refractivity contribution in [3.05, 3.63) is 23.8 Å². The van der Waals surface area contributed by atoms with Crippen molar-refractivity contribution in [2.45, 2.75) is 31.7 Å². The van der Waals surface area contributed by atoms with Crippen LogP contribution in [-0.2, 0) is 0 Å². The summed E-state index contributed by atoms with van der Waals surface area (Å²) in [6, 6.07) is 6.32. The molecule has 3 rings (SSSR count). The Bertz CT molecular complexity index is 478. The maximum absolute atomic E-state index is 5.86. The number of nitrogens with one attached hydrogen (secondary N) is 1. The first kappa shape index (κ1) is 13.7. The zero-order chi connectivity index (χ0) is 14.1. The molecular weight excluding hydrogens is 252 g/mol. The summed E-state index contributed by atoms with van der Waals surface area (Å²) in [5, 5.41) is 0. The summed E-state index contributed by atoms with van der Waals surface area (Å²) in [6.07, 6.45) is 5.45. The van der Waals surface area contributed by atoms with Crippen LogP contribution < -0.4 is 20.7 Å². The van der Waals surface area contributed by atoms with E-state index in [0.29, 0.717) is 5.92 Å². The van der Waals surface area contributed by atoms with Crippen LogP contribution in [0.2, 0.25) is 0 Å². The molecule has 0 heterocycles. The molecule has 1 aromatic rings. The average Bonchev–Trinajstić information content (AvgIpc) is 3.11. The Hall–Kier alpha value is -1.26. The third-order valence-electron chi connectivity index (χ3n) is 5.17.